The molecule has 2 heterocycles. The summed E-state index contributed by atoms with van der Waals surface area (Å²) in [5, 5.41) is 14.5. The summed E-state index contributed by atoms with van der Waals surface area (Å²) in [5.74, 6) is -0.0982. The predicted octanol–water partition coefficient (Wildman–Crippen LogP) is 1.16. The summed E-state index contributed by atoms with van der Waals surface area (Å²) in [7, 11) is 0. The number of carbonyl (C=O) groups is 1. The molecule has 9 heteroatoms. The van der Waals surface area contributed by atoms with Crippen LogP contribution in [0.5, 0.6) is 0 Å². The van der Waals surface area contributed by atoms with E-state index >= 15 is 0 Å². The first-order valence-corrected chi connectivity index (χ1v) is 7.08. The predicted molar refractivity (Wildman–Crippen MR) is 77.0 cm³/mol. The maximum Gasteiger partial charge on any atom is 0.238 e. The molecule has 1 atom stereocenters. The number of nitrogens with zero attached hydrogens (tertiary/aromatic N) is 5. The van der Waals surface area contributed by atoms with Gasteiger partial charge < -0.3 is 5.32 Å². The van der Waals surface area contributed by atoms with Crippen molar-refractivity contribution >= 4 is 29.3 Å². The van der Waals surface area contributed by atoms with E-state index in [1.54, 1.807) is 18.2 Å². The molecule has 7 nitrogen and oxygen atoms in total. The first kappa shape index (κ1) is 14.2. The zero-order chi connectivity index (χ0) is 14.8. The van der Waals surface area contributed by atoms with E-state index in [9.17, 15) is 4.79 Å². The number of amides is 1. The number of benzene rings is 1. The van der Waals surface area contributed by atoms with Crippen LogP contribution in [0.4, 0.5) is 0 Å². The molecule has 2 aromatic rings. The molecule has 1 aromatic heterocycles. The van der Waals surface area contributed by atoms with Crippen molar-refractivity contribution in [3.63, 3.8) is 0 Å². The van der Waals surface area contributed by atoms with E-state index in [2.05, 4.69) is 20.8 Å². The Bertz CT molecular complexity index is 647. The van der Waals surface area contributed by atoms with Gasteiger partial charge in [0.25, 0.3) is 0 Å². The highest BCUT2D eigenvalue weighted by molar-refractivity contribution is 6.30. The monoisotopic (exact) mass is 326 g/mol. The molecule has 1 saturated heterocycles. The number of rotatable bonds is 4. The third-order valence-corrected chi connectivity index (χ3v) is 3.99. The average molecular weight is 327 g/mol. The van der Waals surface area contributed by atoms with Gasteiger partial charge in [-0.05, 0) is 52.4 Å². The lowest BCUT2D eigenvalue weighted by Gasteiger charge is -2.33. The normalized spacial score (nSPS) is 18.3. The van der Waals surface area contributed by atoms with E-state index in [0.29, 0.717) is 11.6 Å². The van der Waals surface area contributed by atoms with Crippen LogP contribution in [0.2, 0.25) is 5.02 Å². The van der Waals surface area contributed by atoms with Crippen LogP contribution in [-0.2, 0) is 11.3 Å². The van der Waals surface area contributed by atoms with Crippen LogP contribution >= 0.6 is 23.4 Å². The van der Waals surface area contributed by atoms with Gasteiger partial charge >= 0.3 is 0 Å². The minimum Gasteiger partial charge on any atom is -0.351 e. The Morgan fingerprint density at radius 1 is 1.48 bits per heavy atom. The van der Waals surface area contributed by atoms with Crippen molar-refractivity contribution < 1.29 is 4.79 Å². The first-order valence-electron chi connectivity index (χ1n) is 6.37. The minimum absolute atomic E-state index is 0.0982. The minimum atomic E-state index is -0.262. The van der Waals surface area contributed by atoms with Gasteiger partial charge in [-0.2, -0.15) is 0 Å². The Balaban J connectivity index is 1.75. The number of halogens is 2. The molecule has 1 aromatic carbocycles. The van der Waals surface area contributed by atoms with Crippen molar-refractivity contribution in [2.45, 2.75) is 19.0 Å². The van der Waals surface area contributed by atoms with Crippen molar-refractivity contribution in [3.8, 4) is 5.69 Å². The van der Waals surface area contributed by atoms with Crippen LogP contribution in [-0.4, -0.2) is 43.1 Å². The molecule has 110 valence electrons. The van der Waals surface area contributed by atoms with Crippen LogP contribution in [0.1, 0.15) is 12.0 Å². The molecule has 0 radical (unpaired) electrons. The third kappa shape index (κ3) is 2.99. The molecule has 1 N–H and O–H groups in total. The van der Waals surface area contributed by atoms with E-state index < -0.39 is 0 Å². The largest absolute Gasteiger partial charge is 0.351 e. The summed E-state index contributed by atoms with van der Waals surface area (Å²) in [6.07, 6.45) is 2.26. The number of nitrogens with one attached hydrogen (secondary N) is 1. The van der Waals surface area contributed by atoms with Crippen molar-refractivity contribution in [1.82, 2.24) is 29.9 Å². The van der Waals surface area contributed by atoms with Gasteiger partial charge in [-0.1, -0.05) is 11.6 Å². The van der Waals surface area contributed by atoms with Crippen molar-refractivity contribution in [2.24, 2.45) is 0 Å². The van der Waals surface area contributed by atoms with Gasteiger partial charge in [0.15, 0.2) is 0 Å². The van der Waals surface area contributed by atoms with Crippen molar-refractivity contribution in [1.29, 1.82) is 0 Å². The quantitative estimate of drug-likeness (QED) is 0.853. The summed E-state index contributed by atoms with van der Waals surface area (Å²) in [5.41, 5.74) is 1.59. The Morgan fingerprint density at radius 2 is 2.33 bits per heavy atom. The summed E-state index contributed by atoms with van der Waals surface area (Å²) >= 11 is 11.9. The molecule has 1 aliphatic heterocycles. The Labute approximate surface area is 130 Å². The van der Waals surface area contributed by atoms with Crippen LogP contribution in [0.15, 0.2) is 24.5 Å². The molecule has 0 spiro atoms. The molecule has 0 saturated carbocycles. The second kappa shape index (κ2) is 5.97. The van der Waals surface area contributed by atoms with Gasteiger partial charge in [0.1, 0.15) is 12.4 Å². The van der Waals surface area contributed by atoms with Gasteiger partial charge in [-0.25, -0.2) is 9.10 Å². The van der Waals surface area contributed by atoms with Crippen LogP contribution in [0.3, 0.4) is 0 Å². The number of tetrazole rings is 1. The van der Waals surface area contributed by atoms with Gasteiger partial charge in [-0.3, -0.25) is 4.79 Å². The van der Waals surface area contributed by atoms with Crippen molar-refractivity contribution in [2.75, 3.05) is 6.54 Å². The molecular formula is C12H12Cl2N6O. The summed E-state index contributed by atoms with van der Waals surface area (Å²) in [6, 6.07) is 5.06. The zero-order valence-electron chi connectivity index (χ0n) is 10.9. The third-order valence-electron chi connectivity index (χ3n) is 3.35. The molecule has 0 unspecified atom stereocenters. The molecule has 1 fully saturated rings. The van der Waals surface area contributed by atoms with Crippen LogP contribution < -0.4 is 5.32 Å². The fourth-order valence-electron chi connectivity index (χ4n) is 2.11. The van der Waals surface area contributed by atoms with E-state index in [0.717, 1.165) is 24.2 Å². The van der Waals surface area contributed by atoms with Crippen molar-refractivity contribution in [3.05, 3.63) is 35.1 Å². The molecule has 21 heavy (non-hydrogen) atoms. The number of carbonyl (C=O) groups excluding carboxylic acids is 1. The summed E-state index contributed by atoms with van der Waals surface area (Å²) in [4.78, 5) is 12.0. The lowest BCUT2D eigenvalue weighted by Crippen LogP contribution is -2.51. The summed E-state index contributed by atoms with van der Waals surface area (Å²) < 4.78 is 3.02. The van der Waals surface area contributed by atoms with Gasteiger partial charge in [0.05, 0.1) is 5.69 Å². The molecule has 1 aliphatic rings. The number of hydrogen-bond donors (Lipinski definition) is 1. The molecule has 0 aliphatic carbocycles. The second-order valence-electron chi connectivity index (χ2n) is 4.67. The SMILES string of the molecule is O=C(NCc1cc(Cl)ccc1-n1cnnn1)[C@@H]1CCN1Cl. The maximum absolute atomic E-state index is 12.0. The molecular weight excluding hydrogens is 315 g/mol. The Kier molecular flexibility index (Phi) is 4.05. The standard InChI is InChI=1S/C12H12Cl2N6O/c13-9-1-2-10(20-7-16-17-18-20)8(5-9)6-15-12(21)11-3-4-19(11)14/h1-2,5,7,11H,3-4,6H2,(H,15,21)/t11-/m0/s1. The van der Waals surface area contributed by atoms with Gasteiger partial charge in [0.2, 0.25) is 5.91 Å². The smallest absolute Gasteiger partial charge is 0.238 e. The topological polar surface area (TPSA) is 75.9 Å². The average Bonchev–Trinajstić information content (AvgIpc) is 2.97. The first-order chi connectivity index (χ1) is 10.1. The van der Waals surface area contributed by atoms with Gasteiger partial charge in [-0.15, -0.1) is 5.10 Å². The Morgan fingerprint density at radius 3 is 2.95 bits per heavy atom. The van der Waals surface area contributed by atoms with E-state index in [1.807, 2.05) is 0 Å². The lowest BCUT2D eigenvalue weighted by molar-refractivity contribution is -0.127. The fourth-order valence-corrected chi connectivity index (χ4v) is 2.58. The number of hydrogen-bond acceptors (Lipinski definition) is 5. The zero-order valence-corrected chi connectivity index (χ0v) is 12.4. The summed E-state index contributed by atoms with van der Waals surface area (Å²) in [6.45, 7) is 1.06. The Hall–Kier alpha value is -1.70. The highest BCUT2D eigenvalue weighted by Crippen LogP contribution is 2.21. The molecule has 3 rings (SSSR count). The highest BCUT2D eigenvalue weighted by Gasteiger charge is 2.32. The van der Waals surface area contributed by atoms with Gasteiger partial charge in [0, 0.05) is 18.1 Å². The highest BCUT2D eigenvalue weighted by atomic mass is 35.5. The van der Waals surface area contributed by atoms with E-state index in [4.69, 9.17) is 23.4 Å². The fraction of sp³-hybridized carbons (Fsp3) is 0.333. The van der Waals surface area contributed by atoms with Crippen LogP contribution in [0.25, 0.3) is 5.69 Å². The van der Waals surface area contributed by atoms with E-state index in [1.165, 1.54) is 15.4 Å². The molecule has 0 bridgehead atoms. The van der Waals surface area contributed by atoms with Crippen LogP contribution in [0, 0.1) is 0 Å². The number of aromatic nitrogens is 4. The molecule has 1 amide bonds. The second-order valence-corrected chi connectivity index (χ2v) is 5.54. The maximum atomic E-state index is 12.0. The lowest BCUT2D eigenvalue weighted by atomic mass is 10.1. The van der Waals surface area contributed by atoms with E-state index in [-0.39, 0.29) is 11.9 Å².